The Morgan fingerprint density at radius 2 is 1.92 bits per heavy atom. The SMILES string of the molecule is Cc1ccc(S(=O)(=O)N2CCCCC2)cc1C(=O)OCc1ccccn1. The number of piperidine rings is 1. The molecule has 1 aliphatic heterocycles. The average Bonchev–Trinajstić information content (AvgIpc) is 2.68. The predicted octanol–water partition coefficient (Wildman–Crippen LogP) is 2.92. The highest BCUT2D eigenvalue weighted by Crippen LogP contribution is 2.23. The van der Waals surface area contributed by atoms with Crippen LogP contribution in [-0.2, 0) is 21.4 Å². The molecule has 7 heteroatoms. The fourth-order valence-electron chi connectivity index (χ4n) is 2.94. The minimum atomic E-state index is -3.59. The molecule has 0 bridgehead atoms. The van der Waals surface area contributed by atoms with E-state index in [4.69, 9.17) is 4.74 Å². The maximum Gasteiger partial charge on any atom is 0.338 e. The van der Waals surface area contributed by atoms with E-state index in [0.717, 1.165) is 19.3 Å². The number of carbonyl (C=O) groups excluding carboxylic acids is 1. The van der Waals surface area contributed by atoms with Gasteiger partial charge in [-0.2, -0.15) is 4.31 Å². The standard InChI is InChI=1S/C19H22N2O4S/c1-15-8-9-17(26(23,24)21-11-5-2-6-12-21)13-18(15)19(22)25-14-16-7-3-4-10-20-16/h3-4,7-10,13H,2,5-6,11-12,14H2,1H3. The second-order valence-electron chi connectivity index (χ2n) is 6.34. The zero-order valence-corrected chi connectivity index (χ0v) is 15.5. The van der Waals surface area contributed by atoms with Gasteiger partial charge in [0.2, 0.25) is 10.0 Å². The van der Waals surface area contributed by atoms with Crippen molar-refractivity contribution < 1.29 is 17.9 Å². The monoisotopic (exact) mass is 374 g/mol. The molecule has 0 unspecified atom stereocenters. The zero-order valence-electron chi connectivity index (χ0n) is 14.7. The second-order valence-corrected chi connectivity index (χ2v) is 8.28. The second kappa shape index (κ2) is 7.97. The van der Waals surface area contributed by atoms with Crippen LogP contribution < -0.4 is 0 Å². The molecule has 1 saturated heterocycles. The lowest BCUT2D eigenvalue weighted by Crippen LogP contribution is -2.35. The minimum Gasteiger partial charge on any atom is -0.456 e. The van der Waals surface area contributed by atoms with Gasteiger partial charge in [0.1, 0.15) is 6.61 Å². The number of pyridine rings is 1. The topological polar surface area (TPSA) is 76.6 Å². The molecule has 1 aromatic heterocycles. The van der Waals surface area contributed by atoms with E-state index in [9.17, 15) is 13.2 Å². The van der Waals surface area contributed by atoms with Gasteiger partial charge < -0.3 is 4.74 Å². The molecule has 0 spiro atoms. The maximum atomic E-state index is 12.8. The van der Waals surface area contributed by atoms with Crippen LogP contribution in [0, 0.1) is 6.92 Å². The van der Waals surface area contributed by atoms with E-state index in [1.165, 1.54) is 10.4 Å². The number of ether oxygens (including phenoxy) is 1. The van der Waals surface area contributed by atoms with Crippen LogP contribution in [0.1, 0.15) is 40.9 Å². The molecule has 1 aliphatic rings. The summed E-state index contributed by atoms with van der Waals surface area (Å²) in [7, 11) is -3.59. The summed E-state index contributed by atoms with van der Waals surface area (Å²) in [5, 5.41) is 0. The number of esters is 1. The van der Waals surface area contributed by atoms with Crippen molar-refractivity contribution >= 4 is 16.0 Å². The van der Waals surface area contributed by atoms with E-state index in [1.54, 1.807) is 37.4 Å². The summed E-state index contributed by atoms with van der Waals surface area (Å²) < 4.78 is 32.4. The molecule has 0 atom stereocenters. The van der Waals surface area contributed by atoms with E-state index in [1.807, 2.05) is 6.07 Å². The van der Waals surface area contributed by atoms with Gasteiger partial charge in [-0.05, 0) is 49.6 Å². The molecule has 1 aromatic carbocycles. The highest BCUT2D eigenvalue weighted by atomic mass is 32.2. The Balaban J connectivity index is 1.79. The lowest BCUT2D eigenvalue weighted by molar-refractivity contribution is 0.0466. The van der Waals surface area contributed by atoms with Gasteiger partial charge >= 0.3 is 5.97 Å². The van der Waals surface area contributed by atoms with Crippen molar-refractivity contribution in [2.75, 3.05) is 13.1 Å². The summed E-state index contributed by atoms with van der Waals surface area (Å²) in [6.45, 7) is 2.85. The van der Waals surface area contributed by atoms with Crippen LogP contribution in [0.25, 0.3) is 0 Å². The number of aryl methyl sites for hydroxylation is 1. The van der Waals surface area contributed by atoms with Crippen molar-refractivity contribution in [2.45, 2.75) is 37.7 Å². The molecule has 3 rings (SSSR count). The first-order valence-corrected chi connectivity index (χ1v) is 10.1. The van der Waals surface area contributed by atoms with E-state index in [0.29, 0.717) is 24.3 Å². The van der Waals surface area contributed by atoms with Crippen LogP contribution in [-0.4, -0.2) is 36.8 Å². The Kier molecular flexibility index (Phi) is 5.68. The largest absolute Gasteiger partial charge is 0.456 e. The molecule has 6 nitrogen and oxygen atoms in total. The van der Waals surface area contributed by atoms with E-state index >= 15 is 0 Å². The van der Waals surface area contributed by atoms with Gasteiger partial charge in [-0.3, -0.25) is 4.98 Å². The van der Waals surface area contributed by atoms with Crippen LogP contribution in [0.3, 0.4) is 0 Å². The summed E-state index contributed by atoms with van der Waals surface area (Å²) in [6.07, 6.45) is 4.40. The van der Waals surface area contributed by atoms with E-state index < -0.39 is 16.0 Å². The Morgan fingerprint density at radius 3 is 2.62 bits per heavy atom. The van der Waals surface area contributed by atoms with Crippen LogP contribution in [0.4, 0.5) is 0 Å². The molecular formula is C19H22N2O4S. The molecular weight excluding hydrogens is 352 g/mol. The Hall–Kier alpha value is -2.25. The number of aromatic nitrogens is 1. The van der Waals surface area contributed by atoms with Gasteiger partial charge in [-0.25, -0.2) is 13.2 Å². The van der Waals surface area contributed by atoms with Crippen molar-refractivity contribution in [1.29, 1.82) is 0 Å². The van der Waals surface area contributed by atoms with Crippen molar-refractivity contribution in [3.05, 3.63) is 59.4 Å². The van der Waals surface area contributed by atoms with Crippen LogP contribution in [0.2, 0.25) is 0 Å². The molecule has 0 aliphatic carbocycles. The Labute approximate surface area is 153 Å². The number of hydrogen-bond acceptors (Lipinski definition) is 5. The fraction of sp³-hybridized carbons (Fsp3) is 0.368. The summed E-state index contributed by atoms with van der Waals surface area (Å²) in [6, 6.07) is 9.97. The lowest BCUT2D eigenvalue weighted by Gasteiger charge is -2.26. The molecule has 0 radical (unpaired) electrons. The summed E-state index contributed by atoms with van der Waals surface area (Å²) in [5.41, 5.74) is 1.57. The van der Waals surface area contributed by atoms with Crippen LogP contribution >= 0.6 is 0 Å². The molecule has 2 heterocycles. The molecule has 26 heavy (non-hydrogen) atoms. The normalized spacial score (nSPS) is 15.6. The predicted molar refractivity (Wildman–Crippen MR) is 97.1 cm³/mol. The van der Waals surface area contributed by atoms with Gasteiger partial charge in [-0.1, -0.05) is 18.6 Å². The number of rotatable bonds is 5. The number of carbonyl (C=O) groups is 1. The molecule has 2 aromatic rings. The molecule has 1 fully saturated rings. The smallest absolute Gasteiger partial charge is 0.338 e. The third kappa shape index (κ3) is 4.11. The minimum absolute atomic E-state index is 0.0439. The van der Waals surface area contributed by atoms with Gasteiger partial charge in [0.15, 0.2) is 0 Å². The molecule has 0 saturated carbocycles. The number of sulfonamides is 1. The van der Waals surface area contributed by atoms with Crippen LogP contribution in [0.15, 0.2) is 47.5 Å². The van der Waals surface area contributed by atoms with Crippen molar-refractivity contribution in [1.82, 2.24) is 9.29 Å². The van der Waals surface area contributed by atoms with Gasteiger partial charge in [0, 0.05) is 19.3 Å². The van der Waals surface area contributed by atoms with Gasteiger partial charge in [0.25, 0.3) is 0 Å². The van der Waals surface area contributed by atoms with Crippen LogP contribution in [0.5, 0.6) is 0 Å². The molecule has 0 amide bonds. The third-order valence-corrected chi connectivity index (χ3v) is 6.35. The van der Waals surface area contributed by atoms with Crippen molar-refractivity contribution in [3.8, 4) is 0 Å². The highest BCUT2D eigenvalue weighted by Gasteiger charge is 2.27. The quantitative estimate of drug-likeness (QED) is 0.752. The first-order valence-electron chi connectivity index (χ1n) is 8.66. The Bertz CT molecular complexity index is 876. The summed E-state index contributed by atoms with van der Waals surface area (Å²) in [4.78, 5) is 16.7. The average molecular weight is 374 g/mol. The van der Waals surface area contributed by atoms with Gasteiger partial charge in [-0.15, -0.1) is 0 Å². The third-order valence-electron chi connectivity index (χ3n) is 4.46. The first-order chi connectivity index (χ1) is 12.5. The summed E-state index contributed by atoms with van der Waals surface area (Å²) >= 11 is 0. The number of benzene rings is 1. The van der Waals surface area contributed by atoms with Gasteiger partial charge in [0.05, 0.1) is 16.2 Å². The fourth-order valence-corrected chi connectivity index (χ4v) is 4.48. The van der Waals surface area contributed by atoms with E-state index in [2.05, 4.69) is 4.98 Å². The number of nitrogens with zero attached hydrogens (tertiary/aromatic N) is 2. The maximum absolute atomic E-state index is 12.8. The number of hydrogen-bond donors (Lipinski definition) is 0. The lowest BCUT2D eigenvalue weighted by atomic mass is 10.1. The molecule has 138 valence electrons. The van der Waals surface area contributed by atoms with Crippen molar-refractivity contribution in [3.63, 3.8) is 0 Å². The molecule has 0 N–H and O–H groups in total. The van der Waals surface area contributed by atoms with E-state index in [-0.39, 0.29) is 17.1 Å². The zero-order chi connectivity index (χ0) is 18.6. The Morgan fingerprint density at radius 1 is 1.15 bits per heavy atom. The first kappa shape index (κ1) is 18.5. The highest BCUT2D eigenvalue weighted by molar-refractivity contribution is 7.89. The summed E-state index contributed by atoms with van der Waals surface area (Å²) in [5.74, 6) is -0.552. The van der Waals surface area contributed by atoms with Crippen molar-refractivity contribution in [2.24, 2.45) is 0 Å².